The Balaban J connectivity index is 1.94. The summed E-state index contributed by atoms with van der Waals surface area (Å²) in [6.45, 7) is -0.0776. The maximum atomic E-state index is 12.1. The van der Waals surface area contributed by atoms with Gasteiger partial charge in [-0.15, -0.1) is 0 Å². The molecule has 1 saturated heterocycles. The van der Waals surface area contributed by atoms with Crippen LogP contribution in [0.2, 0.25) is 0 Å². The lowest BCUT2D eigenvalue weighted by Crippen LogP contribution is -2.33. The van der Waals surface area contributed by atoms with E-state index >= 15 is 0 Å². The lowest BCUT2D eigenvalue weighted by Gasteiger charge is -2.15. The molecule has 7 nitrogen and oxygen atoms in total. The van der Waals surface area contributed by atoms with E-state index in [0.29, 0.717) is 6.42 Å². The molecule has 124 valence electrons. The van der Waals surface area contributed by atoms with Crippen LogP contribution >= 0.6 is 0 Å². The van der Waals surface area contributed by atoms with Gasteiger partial charge < -0.3 is 5.11 Å². The van der Waals surface area contributed by atoms with Crippen molar-refractivity contribution >= 4 is 0 Å². The van der Waals surface area contributed by atoms with Crippen LogP contribution in [0.15, 0.2) is 46.1 Å². The summed E-state index contributed by atoms with van der Waals surface area (Å²) in [5.41, 5.74) is -0.156. The summed E-state index contributed by atoms with van der Waals surface area (Å²) in [6, 6.07) is 9.05. The van der Waals surface area contributed by atoms with Crippen molar-refractivity contribution in [2.24, 2.45) is 0 Å². The number of aliphatic hydroxyl groups is 1. The average Bonchev–Trinajstić information content (AvgIpc) is 2.95. The first-order valence-electron chi connectivity index (χ1n) is 7.51. The molecule has 0 saturated carbocycles. The summed E-state index contributed by atoms with van der Waals surface area (Å²) in [5, 5.41) is 10.8. The SMILES string of the molecule is CN1O[C@H](n2cc(C#Cc3ccccc3)c(=O)[nH]c2=O)C[C@@H]1CO. The minimum Gasteiger partial charge on any atom is -0.395 e. The van der Waals surface area contributed by atoms with Crippen LogP contribution in [0.5, 0.6) is 0 Å². The second-order valence-corrected chi connectivity index (χ2v) is 5.50. The molecule has 2 N–H and O–H groups in total. The number of hydrogen-bond acceptors (Lipinski definition) is 5. The first-order chi connectivity index (χ1) is 11.6. The van der Waals surface area contributed by atoms with Crippen LogP contribution in [0.25, 0.3) is 0 Å². The van der Waals surface area contributed by atoms with E-state index in [0.717, 1.165) is 5.56 Å². The zero-order valence-corrected chi connectivity index (χ0v) is 13.1. The van der Waals surface area contributed by atoms with Crippen LogP contribution in [0.1, 0.15) is 23.8 Å². The molecule has 2 aromatic rings. The molecule has 0 radical (unpaired) electrons. The van der Waals surface area contributed by atoms with E-state index in [2.05, 4.69) is 16.8 Å². The van der Waals surface area contributed by atoms with Gasteiger partial charge in [0.1, 0.15) is 5.56 Å². The molecule has 24 heavy (non-hydrogen) atoms. The van der Waals surface area contributed by atoms with Crippen LogP contribution in [0, 0.1) is 11.8 Å². The van der Waals surface area contributed by atoms with Gasteiger partial charge in [0.2, 0.25) is 0 Å². The first-order valence-corrected chi connectivity index (χ1v) is 7.51. The fourth-order valence-corrected chi connectivity index (χ4v) is 2.51. The quantitative estimate of drug-likeness (QED) is 0.762. The Kier molecular flexibility index (Phi) is 4.62. The Morgan fingerprint density at radius 3 is 2.71 bits per heavy atom. The Morgan fingerprint density at radius 1 is 1.29 bits per heavy atom. The number of aliphatic hydroxyl groups excluding tert-OH is 1. The van der Waals surface area contributed by atoms with Gasteiger partial charge in [-0.05, 0) is 12.1 Å². The molecule has 7 heteroatoms. The van der Waals surface area contributed by atoms with E-state index in [-0.39, 0.29) is 18.2 Å². The van der Waals surface area contributed by atoms with Gasteiger partial charge in [-0.1, -0.05) is 30.0 Å². The lowest BCUT2D eigenvalue weighted by molar-refractivity contribution is -0.170. The Labute approximate surface area is 138 Å². The summed E-state index contributed by atoms with van der Waals surface area (Å²) in [7, 11) is 1.69. The molecule has 1 aliphatic heterocycles. The van der Waals surface area contributed by atoms with E-state index in [4.69, 9.17) is 4.84 Å². The molecule has 1 aromatic heterocycles. The molecule has 2 heterocycles. The Hall–Kier alpha value is -2.66. The Morgan fingerprint density at radius 2 is 2.04 bits per heavy atom. The molecule has 3 rings (SSSR count). The second-order valence-electron chi connectivity index (χ2n) is 5.50. The normalized spacial score (nSPS) is 20.6. The second kappa shape index (κ2) is 6.84. The van der Waals surface area contributed by atoms with E-state index in [1.165, 1.54) is 15.8 Å². The average molecular weight is 327 g/mol. The topological polar surface area (TPSA) is 87.6 Å². The van der Waals surface area contributed by atoms with Gasteiger partial charge in [0.25, 0.3) is 5.56 Å². The lowest BCUT2D eigenvalue weighted by atomic mass is 10.2. The number of likely N-dealkylation sites (N-methyl/N-ethyl adjacent to an activating group) is 1. The van der Waals surface area contributed by atoms with Crippen molar-refractivity contribution in [3.8, 4) is 11.8 Å². The van der Waals surface area contributed by atoms with Crippen LogP contribution in [-0.2, 0) is 4.84 Å². The molecule has 0 aliphatic carbocycles. The summed E-state index contributed by atoms with van der Waals surface area (Å²) in [6.07, 6.45) is 1.24. The summed E-state index contributed by atoms with van der Waals surface area (Å²) >= 11 is 0. The molecule has 0 spiro atoms. The minimum atomic E-state index is -0.589. The molecule has 0 amide bonds. The molecule has 2 atom stereocenters. The number of benzene rings is 1. The highest BCUT2D eigenvalue weighted by Crippen LogP contribution is 2.25. The molecule has 0 bridgehead atoms. The standard InChI is InChI=1S/C17H17N3O4/c1-19-14(11-21)9-15(24-19)20-10-13(16(22)18-17(20)23)8-7-12-5-3-2-4-6-12/h2-6,10,14-15,21H,9,11H2,1H3,(H,18,22,23)/t14-,15+/m1/s1. The van der Waals surface area contributed by atoms with Gasteiger partial charge in [-0.3, -0.25) is 19.2 Å². The van der Waals surface area contributed by atoms with Gasteiger partial charge in [0.15, 0.2) is 6.23 Å². The van der Waals surface area contributed by atoms with Crippen molar-refractivity contribution in [1.29, 1.82) is 0 Å². The van der Waals surface area contributed by atoms with Crippen molar-refractivity contribution in [2.75, 3.05) is 13.7 Å². The van der Waals surface area contributed by atoms with Crippen LogP contribution in [0.3, 0.4) is 0 Å². The molecule has 0 unspecified atom stereocenters. The van der Waals surface area contributed by atoms with Crippen molar-refractivity contribution in [2.45, 2.75) is 18.7 Å². The monoisotopic (exact) mass is 327 g/mol. The van der Waals surface area contributed by atoms with Crippen molar-refractivity contribution in [3.63, 3.8) is 0 Å². The van der Waals surface area contributed by atoms with Crippen molar-refractivity contribution in [3.05, 3.63) is 68.5 Å². The molecular formula is C17H17N3O4. The van der Waals surface area contributed by atoms with Crippen molar-refractivity contribution in [1.82, 2.24) is 14.6 Å². The predicted octanol–water partition coefficient (Wildman–Crippen LogP) is 0.0630. The van der Waals surface area contributed by atoms with Gasteiger partial charge in [0.05, 0.1) is 12.6 Å². The van der Waals surface area contributed by atoms with E-state index < -0.39 is 17.5 Å². The highest BCUT2D eigenvalue weighted by atomic mass is 16.7. The van der Waals surface area contributed by atoms with Gasteiger partial charge >= 0.3 is 5.69 Å². The number of H-pyrrole nitrogens is 1. The number of rotatable bonds is 2. The van der Waals surface area contributed by atoms with E-state index in [1.807, 2.05) is 30.3 Å². The maximum Gasteiger partial charge on any atom is 0.330 e. The summed E-state index contributed by atoms with van der Waals surface area (Å²) < 4.78 is 1.29. The Bertz CT molecular complexity index is 892. The number of aromatic nitrogens is 2. The highest BCUT2D eigenvalue weighted by molar-refractivity contribution is 5.40. The summed E-state index contributed by atoms with van der Waals surface area (Å²) in [5.74, 6) is 5.68. The van der Waals surface area contributed by atoms with Crippen molar-refractivity contribution < 1.29 is 9.94 Å². The number of hydrogen-bond donors (Lipinski definition) is 2. The number of nitrogens with one attached hydrogen (secondary N) is 1. The van der Waals surface area contributed by atoms with Crippen LogP contribution in [-0.4, -0.2) is 39.4 Å². The maximum absolute atomic E-state index is 12.1. The molecule has 1 aliphatic rings. The largest absolute Gasteiger partial charge is 0.395 e. The number of nitrogens with zero attached hydrogens (tertiary/aromatic N) is 2. The predicted molar refractivity (Wildman–Crippen MR) is 87.1 cm³/mol. The number of aromatic amines is 1. The van der Waals surface area contributed by atoms with Crippen LogP contribution in [0.4, 0.5) is 0 Å². The fourth-order valence-electron chi connectivity index (χ4n) is 2.51. The third kappa shape index (κ3) is 3.31. The van der Waals surface area contributed by atoms with Crippen LogP contribution < -0.4 is 11.2 Å². The molecular weight excluding hydrogens is 310 g/mol. The van der Waals surface area contributed by atoms with Gasteiger partial charge in [0, 0.05) is 25.2 Å². The minimum absolute atomic E-state index is 0.0776. The zero-order valence-electron chi connectivity index (χ0n) is 13.1. The zero-order chi connectivity index (χ0) is 17.1. The smallest absolute Gasteiger partial charge is 0.330 e. The summed E-state index contributed by atoms with van der Waals surface area (Å²) in [4.78, 5) is 31.8. The fraction of sp³-hybridized carbons (Fsp3) is 0.294. The molecule has 1 aromatic carbocycles. The third-order valence-corrected chi connectivity index (χ3v) is 3.88. The van der Waals surface area contributed by atoms with Gasteiger partial charge in [-0.2, -0.15) is 5.06 Å². The van der Waals surface area contributed by atoms with E-state index in [9.17, 15) is 14.7 Å². The highest BCUT2D eigenvalue weighted by Gasteiger charge is 2.32. The van der Waals surface area contributed by atoms with Gasteiger partial charge in [-0.25, -0.2) is 4.79 Å². The number of hydroxylamine groups is 2. The molecule has 1 fully saturated rings. The third-order valence-electron chi connectivity index (χ3n) is 3.88. The van der Waals surface area contributed by atoms with E-state index in [1.54, 1.807) is 7.05 Å². The first kappa shape index (κ1) is 16.2.